The maximum absolute atomic E-state index is 11.8. The zero-order chi connectivity index (χ0) is 22.1. The Hall–Kier alpha value is -2.28. The van der Waals surface area contributed by atoms with E-state index in [9.17, 15) is 4.79 Å². The van der Waals surface area contributed by atoms with Crippen molar-refractivity contribution >= 4 is 17.6 Å². The fraction of sp³-hybridized carbons (Fsp3) is 0.667. The van der Waals surface area contributed by atoms with Gasteiger partial charge in [-0.05, 0) is 50.8 Å². The lowest BCUT2D eigenvalue weighted by molar-refractivity contribution is -0.146. The lowest BCUT2D eigenvalue weighted by atomic mass is 9.97. The summed E-state index contributed by atoms with van der Waals surface area (Å²) in [4.78, 5) is 23.9. The van der Waals surface area contributed by atoms with Gasteiger partial charge in [-0.25, -0.2) is 0 Å². The van der Waals surface area contributed by atoms with Crippen molar-refractivity contribution in [1.29, 1.82) is 0 Å². The van der Waals surface area contributed by atoms with E-state index in [0.717, 1.165) is 84.1 Å². The average Bonchev–Trinajstić information content (AvgIpc) is 2.81. The second kappa shape index (κ2) is 11.9. The maximum Gasteiger partial charge on any atom is 0.308 e. The molecule has 2 fully saturated rings. The zero-order valence-corrected chi connectivity index (χ0v) is 19.5. The molecule has 1 aromatic rings. The van der Waals surface area contributed by atoms with Crippen LogP contribution in [0.1, 0.15) is 31.7 Å². The summed E-state index contributed by atoms with van der Waals surface area (Å²) in [7, 11) is 1.47. The molecule has 1 aromatic carbocycles. The van der Waals surface area contributed by atoms with E-state index >= 15 is 0 Å². The number of benzene rings is 1. The first-order valence-electron chi connectivity index (χ1n) is 11.8. The summed E-state index contributed by atoms with van der Waals surface area (Å²) in [5.74, 6) is 0.932. The molecule has 0 saturated carbocycles. The zero-order valence-electron chi connectivity index (χ0n) is 19.5. The number of likely N-dealkylation sites (tertiary alicyclic amines) is 1. The number of esters is 1. The average molecular weight is 430 g/mol. The standard InChI is InChI=1S/C24H39N5O2/c1-4-25-24(29-13-9-21(10-14-29)23(30)31-3)26-11-6-12-27-15-17-28(18-16-27)22-8-5-7-20(2)19-22/h5,7-8,19,21H,4,6,9-18H2,1-3H3,(H,25,26). The lowest BCUT2D eigenvalue weighted by Gasteiger charge is -2.36. The van der Waals surface area contributed by atoms with Crippen LogP contribution in [-0.2, 0) is 9.53 Å². The molecule has 2 aliphatic rings. The highest BCUT2D eigenvalue weighted by Gasteiger charge is 2.27. The number of anilines is 1. The van der Waals surface area contributed by atoms with Gasteiger partial charge in [-0.2, -0.15) is 0 Å². The molecule has 0 spiro atoms. The summed E-state index contributed by atoms with van der Waals surface area (Å²) in [6, 6.07) is 8.80. The number of carbonyl (C=O) groups is 1. The Labute approximate surface area is 187 Å². The van der Waals surface area contributed by atoms with Gasteiger partial charge in [0.2, 0.25) is 0 Å². The third kappa shape index (κ3) is 6.86. The predicted octanol–water partition coefficient (Wildman–Crippen LogP) is 2.36. The fourth-order valence-corrected chi connectivity index (χ4v) is 4.45. The maximum atomic E-state index is 11.8. The Balaban J connectivity index is 1.39. The van der Waals surface area contributed by atoms with E-state index in [2.05, 4.69) is 58.1 Å². The van der Waals surface area contributed by atoms with Gasteiger partial charge in [-0.1, -0.05) is 12.1 Å². The number of aliphatic imine (C=N–C) groups is 1. The number of nitrogens with one attached hydrogen (secondary N) is 1. The quantitative estimate of drug-likeness (QED) is 0.311. The Bertz CT molecular complexity index is 722. The summed E-state index contributed by atoms with van der Waals surface area (Å²) in [6.45, 7) is 13.1. The highest BCUT2D eigenvalue weighted by molar-refractivity contribution is 5.80. The Morgan fingerprint density at radius 3 is 2.55 bits per heavy atom. The summed E-state index contributed by atoms with van der Waals surface area (Å²) in [5.41, 5.74) is 2.67. The van der Waals surface area contributed by atoms with E-state index in [0.29, 0.717) is 0 Å². The minimum atomic E-state index is -0.0796. The van der Waals surface area contributed by atoms with Gasteiger partial charge in [0.1, 0.15) is 0 Å². The third-order valence-electron chi connectivity index (χ3n) is 6.30. The van der Waals surface area contributed by atoms with Crippen molar-refractivity contribution in [2.24, 2.45) is 10.9 Å². The molecular formula is C24H39N5O2. The van der Waals surface area contributed by atoms with Crippen LogP contribution in [0.5, 0.6) is 0 Å². The highest BCUT2D eigenvalue weighted by Crippen LogP contribution is 2.19. The minimum absolute atomic E-state index is 0.0302. The molecule has 7 nitrogen and oxygen atoms in total. The number of piperidine rings is 1. The van der Waals surface area contributed by atoms with Crippen molar-refractivity contribution in [3.05, 3.63) is 29.8 Å². The Morgan fingerprint density at radius 1 is 1.16 bits per heavy atom. The van der Waals surface area contributed by atoms with Crippen molar-refractivity contribution in [1.82, 2.24) is 15.1 Å². The van der Waals surface area contributed by atoms with Gasteiger partial charge in [0, 0.05) is 64.6 Å². The van der Waals surface area contributed by atoms with E-state index in [-0.39, 0.29) is 11.9 Å². The Morgan fingerprint density at radius 2 is 1.90 bits per heavy atom. The molecule has 31 heavy (non-hydrogen) atoms. The number of guanidine groups is 1. The van der Waals surface area contributed by atoms with Crippen molar-refractivity contribution in [2.75, 3.05) is 70.9 Å². The molecule has 7 heteroatoms. The molecule has 0 unspecified atom stereocenters. The molecule has 0 aliphatic carbocycles. The van der Waals surface area contributed by atoms with Crippen LogP contribution in [0.15, 0.2) is 29.3 Å². The smallest absolute Gasteiger partial charge is 0.308 e. The minimum Gasteiger partial charge on any atom is -0.469 e. The Kier molecular flexibility index (Phi) is 9.00. The molecule has 2 aliphatic heterocycles. The monoisotopic (exact) mass is 429 g/mol. The van der Waals surface area contributed by atoms with Crippen LogP contribution < -0.4 is 10.2 Å². The molecule has 172 valence electrons. The van der Waals surface area contributed by atoms with Crippen LogP contribution in [0.4, 0.5) is 5.69 Å². The van der Waals surface area contributed by atoms with E-state index in [1.165, 1.54) is 18.4 Å². The van der Waals surface area contributed by atoms with Gasteiger partial charge in [-0.3, -0.25) is 14.7 Å². The predicted molar refractivity (Wildman–Crippen MR) is 127 cm³/mol. The first-order chi connectivity index (χ1) is 15.1. The lowest BCUT2D eigenvalue weighted by Crippen LogP contribution is -2.47. The molecule has 0 bridgehead atoms. The first-order valence-corrected chi connectivity index (χ1v) is 11.8. The highest BCUT2D eigenvalue weighted by atomic mass is 16.5. The molecule has 0 radical (unpaired) electrons. The summed E-state index contributed by atoms with van der Waals surface area (Å²) < 4.78 is 4.90. The van der Waals surface area contributed by atoms with Crippen LogP contribution in [0.2, 0.25) is 0 Å². The number of hydrogen-bond acceptors (Lipinski definition) is 5. The SMILES string of the molecule is CCNC(=NCCCN1CCN(c2cccc(C)c2)CC1)N1CCC(C(=O)OC)CC1. The summed E-state index contributed by atoms with van der Waals surface area (Å²) in [5, 5.41) is 3.42. The van der Waals surface area contributed by atoms with E-state index < -0.39 is 0 Å². The summed E-state index contributed by atoms with van der Waals surface area (Å²) >= 11 is 0. The van der Waals surface area contributed by atoms with Crippen molar-refractivity contribution in [3.63, 3.8) is 0 Å². The largest absolute Gasteiger partial charge is 0.469 e. The number of hydrogen-bond donors (Lipinski definition) is 1. The molecule has 2 heterocycles. The van der Waals surface area contributed by atoms with Gasteiger partial charge < -0.3 is 19.9 Å². The van der Waals surface area contributed by atoms with Gasteiger partial charge in [-0.15, -0.1) is 0 Å². The molecule has 1 N–H and O–H groups in total. The van der Waals surface area contributed by atoms with Crippen LogP contribution in [0.25, 0.3) is 0 Å². The van der Waals surface area contributed by atoms with Crippen LogP contribution >= 0.6 is 0 Å². The molecule has 3 rings (SSSR count). The molecular weight excluding hydrogens is 390 g/mol. The second-order valence-electron chi connectivity index (χ2n) is 8.54. The third-order valence-corrected chi connectivity index (χ3v) is 6.30. The van der Waals surface area contributed by atoms with Gasteiger partial charge in [0.05, 0.1) is 13.0 Å². The van der Waals surface area contributed by atoms with Crippen molar-refractivity contribution in [2.45, 2.75) is 33.1 Å². The molecule has 2 saturated heterocycles. The van der Waals surface area contributed by atoms with E-state index in [1.807, 2.05) is 0 Å². The number of rotatable bonds is 7. The number of aryl methyl sites for hydroxylation is 1. The van der Waals surface area contributed by atoms with Crippen LogP contribution in [0.3, 0.4) is 0 Å². The number of carbonyl (C=O) groups excluding carboxylic acids is 1. The van der Waals surface area contributed by atoms with Gasteiger partial charge in [0.25, 0.3) is 0 Å². The topological polar surface area (TPSA) is 60.4 Å². The molecule has 0 aromatic heterocycles. The van der Waals surface area contributed by atoms with E-state index in [4.69, 9.17) is 9.73 Å². The van der Waals surface area contributed by atoms with Crippen LogP contribution in [-0.4, -0.2) is 87.7 Å². The van der Waals surface area contributed by atoms with Crippen LogP contribution in [0, 0.1) is 12.8 Å². The van der Waals surface area contributed by atoms with Crippen molar-refractivity contribution < 1.29 is 9.53 Å². The molecule has 0 amide bonds. The normalized spacial score (nSPS) is 18.9. The van der Waals surface area contributed by atoms with Crippen molar-refractivity contribution in [3.8, 4) is 0 Å². The number of ether oxygens (including phenoxy) is 1. The van der Waals surface area contributed by atoms with Gasteiger partial charge >= 0.3 is 5.97 Å². The van der Waals surface area contributed by atoms with E-state index in [1.54, 1.807) is 0 Å². The number of nitrogens with zero attached hydrogens (tertiary/aromatic N) is 4. The fourth-order valence-electron chi connectivity index (χ4n) is 4.45. The first kappa shape index (κ1) is 23.4. The second-order valence-corrected chi connectivity index (χ2v) is 8.54. The summed E-state index contributed by atoms with van der Waals surface area (Å²) in [6.07, 6.45) is 2.74. The number of piperazine rings is 1. The number of methoxy groups -OCH3 is 1. The van der Waals surface area contributed by atoms with Gasteiger partial charge in [0.15, 0.2) is 5.96 Å². The molecule has 0 atom stereocenters.